The third-order valence-corrected chi connectivity index (χ3v) is 2.78. The Bertz CT molecular complexity index is 317. The van der Waals surface area contributed by atoms with Crippen LogP contribution in [0.25, 0.3) is 0 Å². The van der Waals surface area contributed by atoms with Gasteiger partial charge in [0.15, 0.2) is 0 Å². The molecule has 16 heavy (non-hydrogen) atoms. The van der Waals surface area contributed by atoms with Gasteiger partial charge < -0.3 is 11.1 Å². The van der Waals surface area contributed by atoms with Gasteiger partial charge in [-0.2, -0.15) is 0 Å². The van der Waals surface area contributed by atoms with Crippen LogP contribution < -0.4 is 11.1 Å². The smallest absolute Gasteiger partial charge is 0.0399 e. The number of nitrogens with two attached hydrogens (primary N) is 1. The zero-order valence-electron chi connectivity index (χ0n) is 10.9. The standard InChI is InChI=1S/C14H24N2/c1-11-7-5-8-12(2)13(11)16-10-6-9-14(3,4)15/h5,7-8,16H,6,9-10,15H2,1-4H3. The summed E-state index contributed by atoms with van der Waals surface area (Å²) in [6.07, 6.45) is 2.15. The third kappa shape index (κ3) is 4.23. The van der Waals surface area contributed by atoms with Crippen molar-refractivity contribution in [3.05, 3.63) is 29.3 Å². The topological polar surface area (TPSA) is 38.0 Å². The highest BCUT2D eigenvalue weighted by atomic mass is 14.9. The van der Waals surface area contributed by atoms with E-state index in [1.807, 2.05) is 0 Å². The van der Waals surface area contributed by atoms with Gasteiger partial charge in [0, 0.05) is 17.8 Å². The summed E-state index contributed by atoms with van der Waals surface area (Å²) in [4.78, 5) is 0. The second-order valence-corrected chi connectivity index (χ2v) is 5.29. The van der Waals surface area contributed by atoms with Gasteiger partial charge in [0.1, 0.15) is 0 Å². The monoisotopic (exact) mass is 220 g/mol. The first-order chi connectivity index (χ1) is 7.40. The van der Waals surface area contributed by atoms with Crippen molar-refractivity contribution in [3.63, 3.8) is 0 Å². The van der Waals surface area contributed by atoms with E-state index < -0.39 is 0 Å². The van der Waals surface area contributed by atoms with Crippen LogP contribution in [0.1, 0.15) is 37.8 Å². The van der Waals surface area contributed by atoms with E-state index in [0.717, 1.165) is 19.4 Å². The maximum absolute atomic E-state index is 5.95. The number of hydrogen-bond donors (Lipinski definition) is 2. The van der Waals surface area contributed by atoms with Gasteiger partial charge in [-0.3, -0.25) is 0 Å². The zero-order chi connectivity index (χ0) is 12.2. The molecule has 0 spiro atoms. The molecule has 0 heterocycles. The van der Waals surface area contributed by atoms with Crippen molar-refractivity contribution in [2.24, 2.45) is 5.73 Å². The molecule has 3 N–H and O–H groups in total. The van der Waals surface area contributed by atoms with E-state index in [4.69, 9.17) is 5.73 Å². The predicted molar refractivity (Wildman–Crippen MR) is 71.9 cm³/mol. The van der Waals surface area contributed by atoms with E-state index in [9.17, 15) is 0 Å². The lowest BCUT2D eigenvalue weighted by molar-refractivity contribution is 0.465. The third-order valence-electron chi connectivity index (χ3n) is 2.78. The van der Waals surface area contributed by atoms with Gasteiger partial charge in [0.25, 0.3) is 0 Å². The number of rotatable bonds is 5. The molecule has 1 aromatic carbocycles. The van der Waals surface area contributed by atoms with Crippen LogP contribution in [0.2, 0.25) is 0 Å². The Balaban J connectivity index is 2.43. The van der Waals surface area contributed by atoms with E-state index in [2.05, 4.69) is 51.2 Å². The number of anilines is 1. The molecule has 2 nitrogen and oxygen atoms in total. The molecular formula is C14H24N2. The second kappa shape index (κ2) is 5.35. The highest BCUT2D eigenvalue weighted by Crippen LogP contribution is 2.19. The molecule has 1 rings (SSSR count). The highest BCUT2D eigenvalue weighted by molar-refractivity contribution is 5.56. The fourth-order valence-electron chi connectivity index (χ4n) is 1.85. The molecule has 2 heteroatoms. The Kier molecular flexibility index (Phi) is 4.36. The average Bonchev–Trinajstić information content (AvgIpc) is 2.14. The molecule has 0 saturated carbocycles. The van der Waals surface area contributed by atoms with Crippen LogP contribution in [0.4, 0.5) is 5.69 Å². The first-order valence-electron chi connectivity index (χ1n) is 5.99. The van der Waals surface area contributed by atoms with Gasteiger partial charge in [-0.15, -0.1) is 0 Å². The summed E-state index contributed by atoms with van der Waals surface area (Å²) >= 11 is 0. The fraction of sp³-hybridized carbons (Fsp3) is 0.571. The molecule has 0 aliphatic carbocycles. The average molecular weight is 220 g/mol. The van der Waals surface area contributed by atoms with Gasteiger partial charge in [-0.05, 0) is 51.7 Å². The number of hydrogen-bond acceptors (Lipinski definition) is 2. The Morgan fingerprint density at radius 3 is 2.25 bits per heavy atom. The van der Waals surface area contributed by atoms with Crippen molar-refractivity contribution < 1.29 is 0 Å². The highest BCUT2D eigenvalue weighted by Gasteiger charge is 2.09. The van der Waals surface area contributed by atoms with E-state index in [1.165, 1.54) is 16.8 Å². The fourth-order valence-corrected chi connectivity index (χ4v) is 1.85. The molecule has 0 amide bonds. The van der Waals surface area contributed by atoms with Crippen LogP contribution in [0.5, 0.6) is 0 Å². The SMILES string of the molecule is Cc1cccc(C)c1NCCCC(C)(C)N. The first kappa shape index (κ1) is 13.0. The van der Waals surface area contributed by atoms with E-state index in [1.54, 1.807) is 0 Å². The molecular weight excluding hydrogens is 196 g/mol. The molecule has 0 aromatic heterocycles. The summed E-state index contributed by atoms with van der Waals surface area (Å²) in [5.41, 5.74) is 9.79. The summed E-state index contributed by atoms with van der Waals surface area (Å²) in [6, 6.07) is 6.38. The summed E-state index contributed by atoms with van der Waals surface area (Å²) in [7, 11) is 0. The van der Waals surface area contributed by atoms with Crippen molar-refractivity contribution in [2.75, 3.05) is 11.9 Å². The minimum atomic E-state index is -0.0531. The Morgan fingerprint density at radius 1 is 1.19 bits per heavy atom. The second-order valence-electron chi connectivity index (χ2n) is 5.29. The molecule has 0 bridgehead atoms. The summed E-state index contributed by atoms with van der Waals surface area (Å²) in [5.74, 6) is 0. The minimum absolute atomic E-state index is 0.0531. The van der Waals surface area contributed by atoms with Gasteiger partial charge in [0.2, 0.25) is 0 Å². The Morgan fingerprint density at radius 2 is 1.75 bits per heavy atom. The van der Waals surface area contributed by atoms with E-state index >= 15 is 0 Å². The van der Waals surface area contributed by atoms with Crippen molar-refractivity contribution in [2.45, 2.75) is 46.1 Å². The zero-order valence-corrected chi connectivity index (χ0v) is 10.9. The molecule has 0 fully saturated rings. The van der Waals surface area contributed by atoms with E-state index in [0.29, 0.717) is 0 Å². The van der Waals surface area contributed by atoms with Gasteiger partial charge in [-0.25, -0.2) is 0 Å². The van der Waals surface area contributed by atoms with Crippen molar-refractivity contribution in [3.8, 4) is 0 Å². The number of nitrogens with one attached hydrogen (secondary N) is 1. The van der Waals surface area contributed by atoms with Crippen LogP contribution in [-0.4, -0.2) is 12.1 Å². The maximum Gasteiger partial charge on any atom is 0.0399 e. The first-order valence-corrected chi connectivity index (χ1v) is 5.99. The summed E-state index contributed by atoms with van der Waals surface area (Å²) in [5, 5.41) is 3.50. The van der Waals surface area contributed by atoms with Gasteiger partial charge in [0.05, 0.1) is 0 Å². The number of para-hydroxylation sites is 1. The molecule has 0 aliphatic heterocycles. The van der Waals surface area contributed by atoms with Crippen molar-refractivity contribution in [1.29, 1.82) is 0 Å². The quantitative estimate of drug-likeness (QED) is 0.748. The summed E-state index contributed by atoms with van der Waals surface area (Å²) in [6.45, 7) is 9.43. The lowest BCUT2D eigenvalue weighted by atomic mass is 10.00. The van der Waals surface area contributed by atoms with Crippen molar-refractivity contribution >= 4 is 5.69 Å². The summed E-state index contributed by atoms with van der Waals surface area (Å²) < 4.78 is 0. The maximum atomic E-state index is 5.95. The molecule has 0 saturated heterocycles. The molecule has 0 radical (unpaired) electrons. The van der Waals surface area contributed by atoms with Crippen LogP contribution in [0.15, 0.2) is 18.2 Å². The Hall–Kier alpha value is -1.02. The molecule has 0 aliphatic rings. The van der Waals surface area contributed by atoms with Crippen LogP contribution in [-0.2, 0) is 0 Å². The number of benzene rings is 1. The number of aryl methyl sites for hydroxylation is 2. The van der Waals surface area contributed by atoms with Crippen LogP contribution in [0.3, 0.4) is 0 Å². The lowest BCUT2D eigenvalue weighted by Crippen LogP contribution is -2.32. The van der Waals surface area contributed by atoms with Crippen LogP contribution in [0, 0.1) is 13.8 Å². The van der Waals surface area contributed by atoms with Gasteiger partial charge >= 0.3 is 0 Å². The Labute approximate surface area is 99.2 Å². The van der Waals surface area contributed by atoms with Gasteiger partial charge in [-0.1, -0.05) is 18.2 Å². The van der Waals surface area contributed by atoms with E-state index in [-0.39, 0.29) is 5.54 Å². The molecule has 0 unspecified atom stereocenters. The molecule has 0 atom stereocenters. The predicted octanol–water partition coefficient (Wildman–Crippen LogP) is 3.23. The largest absolute Gasteiger partial charge is 0.385 e. The molecule has 1 aromatic rings. The molecule has 90 valence electrons. The normalized spacial score (nSPS) is 11.6. The minimum Gasteiger partial charge on any atom is -0.385 e. The van der Waals surface area contributed by atoms with Crippen LogP contribution >= 0.6 is 0 Å². The van der Waals surface area contributed by atoms with Crippen molar-refractivity contribution in [1.82, 2.24) is 0 Å². The lowest BCUT2D eigenvalue weighted by Gasteiger charge is -2.19.